The van der Waals surface area contributed by atoms with E-state index in [1.807, 2.05) is 0 Å². The first-order chi connectivity index (χ1) is 7.89. The van der Waals surface area contributed by atoms with Crippen LogP contribution in [-0.2, 0) is 5.41 Å². The summed E-state index contributed by atoms with van der Waals surface area (Å²) in [7, 11) is 0. The smallest absolute Gasteiger partial charge is 0.161 e. The first-order valence-corrected chi connectivity index (χ1v) is 6.33. The summed E-state index contributed by atoms with van der Waals surface area (Å²) >= 11 is 0. The summed E-state index contributed by atoms with van der Waals surface area (Å²) in [4.78, 5) is 0. The zero-order chi connectivity index (χ0) is 12.6. The Morgan fingerprint density at radius 3 is 2.00 bits per heavy atom. The third kappa shape index (κ3) is 2.41. The Balaban J connectivity index is 2.56. The van der Waals surface area contributed by atoms with E-state index in [9.17, 15) is 0 Å². The van der Waals surface area contributed by atoms with Gasteiger partial charge in [-0.1, -0.05) is 34.6 Å². The highest BCUT2D eigenvalue weighted by atomic mass is 16.6. The SMILES string of the molecule is CC(C)c1cc2c(cc1C(C)(C)C)OCCO2. The van der Waals surface area contributed by atoms with Gasteiger partial charge in [-0.2, -0.15) is 0 Å². The zero-order valence-electron chi connectivity index (χ0n) is 11.5. The molecule has 1 aromatic carbocycles. The van der Waals surface area contributed by atoms with Crippen molar-refractivity contribution in [1.82, 2.24) is 0 Å². The van der Waals surface area contributed by atoms with Gasteiger partial charge in [0, 0.05) is 0 Å². The van der Waals surface area contributed by atoms with E-state index in [0.717, 1.165) is 11.5 Å². The molecule has 94 valence electrons. The third-order valence-electron chi connectivity index (χ3n) is 3.14. The van der Waals surface area contributed by atoms with Gasteiger partial charge < -0.3 is 9.47 Å². The highest BCUT2D eigenvalue weighted by molar-refractivity contribution is 5.51. The van der Waals surface area contributed by atoms with E-state index in [2.05, 4.69) is 46.8 Å². The van der Waals surface area contributed by atoms with Gasteiger partial charge >= 0.3 is 0 Å². The van der Waals surface area contributed by atoms with Crippen LogP contribution >= 0.6 is 0 Å². The van der Waals surface area contributed by atoms with E-state index >= 15 is 0 Å². The normalized spacial score (nSPS) is 15.2. The average Bonchev–Trinajstić information content (AvgIpc) is 2.26. The first-order valence-electron chi connectivity index (χ1n) is 6.33. The molecule has 1 aromatic rings. The minimum atomic E-state index is 0.134. The van der Waals surface area contributed by atoms with Crippen LogP contribution in [0, 0.1) is 0 Å². The van der Waals surface area contributed by atoms with Crippen molar-refractivity contribution < 1.29 is 9.47 Å². The number of rotatable bonds is 1. The standard InChI is InChI=1S/C15H22O2/c1-10(2)11-8-13-14(17-7-6-16-13)9-12(11)15(3,4)5/h8-10H,6-7H2,1-5H3. The highest BCUT2D eigenvalue weighted by Crippen LogP contribution is 2.40. The van der Waals surface area contributed by atoms with Crippen molar-refractivity contribution in [3.8, 4) is 11.5 Å². The molecular weight excluding hydrogens is 212 g/mol. The number of hydrogen-bond acceptors (Lipinski definition) is 2. The Hall–Kier alpha value is -1.18. The fourth-order valence-electron chi connectivity index (χ4n) is 2.23. The van der Waals surface area contributed by atoms with Gasteiger partial charge in [0.15, 0.2) is 11.5 Å². The summed E-state index contributed by atoms with van der Waals surface area (Å²) in [6.07, 6.45) is 0. The molecule has 0 aliphatic carbocycles. The van der Waals surface area contributed by atoms with Gasteiger partial charge in [-0.25, -0.2) is 0 Å². The van der Waals surface area contributed by atoms with Crippen molar-refractivity contribution in [3.63, 3.8) is 0 Å². The maximum Gasteiger partial charge on any atom is 0.161 e. The molecule has 0 amide bonds. The molecule has 2 rings (SSSR count). The lowest BCUT2D eigenvalue weighted by atomic mass is 9.80. The lowest BCUT2D eigenvalue weighted by Crippen LogP contribution is -2.19. The van der Waals surface area contributed by atoms with Gasteiger partial charge in [-0.05, 0) is 34.6 Å². The molecule has 2 nitrogen and oxygen atoms in total. The van der Waals surface area contributed by atoms with Crippen LogP contribution in [0.4, 0.5) is 0 Å². The van der Waals surface area contributed by atoms with E-state index in [1.165, 1.54) is 11.1 Å². The molecule has 17 heavy (non-hydrogen) atoms. The number of ether oxygens (including phenoxy) is 2. The first kappa shape index (κ1) is 12.3. The van der Waals surface area contributed by atoms with Crippen molar-refractivity contribution in [1.29, 1.82) is 0 Å². The number of benzene rings is 1. The van der Waals surface area contributed by atoms with Gasteiger partial charge in [0.1, 0.15) is 13.2 Å². The van der Waals surface area contributed by atoms with Crippen LogP contribution < -0.4 is 9.47 Å². The van der Waals surface area contributed by atoms with Crippen LogP contribution in [0.2, 0.25) is 0 Å². The maximum atomic E-state index is 5.67. The molecule has 0 N–H and O–H groups in total. The Bertz CT molecular complexity index is 414. The second-order valence-corrected chi connectivity index (χ2v) is 5.99. The lowest BCUT2D eigenvalue weighted by Gasteiger charge is -2.28. The maximum absolute atomic E-state index is 5.67. The molecule has 1 aliphatic rings. The highest BCUT2D eigenvalue weighted by Gasteiger charge is 2.24. The van der Waals surface area contributed by atoms with E-state index < -0.39 is 0 Å². The quantitative estimate of drug-likeness (QED) is 0.734. The van der Waals surface area contributed by atoms with Crippen LogP contribution in [0.1, 0.15) is 51.7 Å². The minimum absolute atomic E-state index is 0.134. The monoisotopic (exact) mass is 234 g/mol. The van der Waals surface area contributed by atoms with Crippen molar-refractivity contribution in [3.05, 3.63) is 23.3 Å². The van der Waals surface area contributed by atoms with E-state index in [-0.39, 0.29) is 5.41 Å². The van der Waals surface area contributed by atoms with Gasteiger partial charge in [-0.15, -0.1) is 0 Å². The van der Waals surface area contributed by atoms with Gasteiger partial charge in [-0.3, -0.25) is 0 Å². The predicted octanol–water partition coefficient (Wildman–Crippen LogP) is 3.88. The Morgan fingerprint density at radius 1 is 1.00 bits per heavy atom. The van der Waals surface area contributed by atoms with Crippen LogP contribution in [0.25, 0.3) is 0 Å². The third-order valence-corrected chi connectivity index (χ3v) is 3.14. The van der Waals surface area contributed by atoms with Crippen LogP contribution in [0.15, 0.2) is 12.1 Å². The average molecular weight is 234 g/mol. The lowest BCUT2D eigenvalue weighted by molar-refractivity contribution is 0.171. The molecule has 2 heteroatoms. The second-order valence-electron chi connectivity index (χ2n) is 5.99. The molecule has 1 aliphatic heterocycles. The van der Waals surface area contributed by atoms with Gasteiger partial charge in [0.2, 0.25) is 0 Å². The summed E-state index contributed by atoms with van der Waals surface area (Å²) in [5, 5.41) is 0. The minimum Gasteiger partial charge on any atom is -0.486 e. The molecule has 0 saturated heterocycles. The molecule has 0 saturated carbocycles. The Labute approximate surface area is 104 Å². The summed E-state index contributed by atoms with van der Waals surface area (Å²) in [6.45, 7) is 12.5. The van der Waals surface area contributed by atoms with E-state index in [1.54, 1.807) is 0 Å². The summed E-state index contributed by atoms with van der Waals surface area (Å²) < 4.78 is 11.3. The van der Waals surface area contributed by atoms with E-state index in [0.29, 0.717) is 19.1 Å². The molecular formula is C15H22O2. The zero-order valence-corrected chi connectivity index (χ0v) is 11.5. The fourth-order valence-corrected chi connectivity index (χ4v) is 2.23. The molecule has 0 radical (unpaired) electrons. The van der Waals surface area contributed by atoms with Crippen LogP contribution in [-0.4, -0.2) is 13.2 Å². The number of hydrogen-bond donors (Lipinski definition) is 0. The van der Waals surface area contributed by atoms with Gasteiger partial charge in [0.25, 0.3) is 0 Å². The Morgan fingerprint density at radius 2 is 1.53 bits per heavy atom. The van der Waals surface area contributed by atoms with E-state index in [4.69, 9.17) is 9.47 Å². The van der Waals surface area contributed by atoms with Crippen LogP contribution in [0.5, 0.6) is 11.5 Å². The fraction of sp³-hybridized carbons (Fsp3) is 0.600. The second kappa shape index (κ2) is 4.25. The van der Waals surface area contributed by atoms with Crippen molar-refractivity contribution >= 4 is 0 Å². The molecule has 0 bridgehead atoms. The molecule has 0 spiro atoms. The molecule has 0 atom stereocenters. The topological polar surface area (TPSA) is 18.5 Å². The molecule has 0 fully saturated rings. The summed E-state index contributed by atoms with van der Waals surface area (Å²) in [5.74, 6) is 2.29. The van der Waals surface area contributed by atoms with Crippen molar-refractivity contribution in [2.75, 3.05) is 13.2 Å². The molecule has 0 aromatic heterocycles. The summed E-state index contributed by atoms with van der Waals surface area (Å²) in [5.41, 5.74) is 2.86. The largest absolute Gasteiger partial charge is 0.486 e. The molecule has 0 unspecified atom stereocenters. The van der Waals surface area contributed by atoms with Crippen LogP contribution in [0.3, 0.4) is 0 Å². The molecule has 1 heterocycles. The van der Waals surface area contributed by atoms with Crippen molar-refractivity contribution in [2.45, 2.75) is 46.0 Å². The number of fused-ring (bicyclic) bond motifs is 1. The summed E-state index contributed by atoms with van der Waals surface area (Å²) in [6, 6.07) is 4.31. The van der Waals surface area contributed by atoms with Crippen molar-refractivity contribution in [2.24, 2.45) is 0 Å². The van der Waals surface area contributed by atoms with Gasteiger partial charge in [0.05, 0.1) is 0 Å². The Kier molecular flexibility index (Phi) is 3.07. The predicted molar refractivity (Wildman–Crippen MR) is 70.2 cm³/mol.